The average Bonchev–Trinajstić information content (AvgIpc) is 2.16. The van der Waals surface area contributed by atoms with Crippen LogP contribution in [0.3, 0.4) is 0 Å². The number of aliphatic hydroxyl groups is 1. The van der Waals surface area contributed by atoms with Crippen LogP contribution >= 0.6 is 0 Å². The lowest BCUT2D eigenvalue weighted by Crippen LogP contribution is -2.16. The molecule has 1 atom stereocenters. The minimum Gasteiger partial charge on any atom is -0.396 e. The van der Waals surface area contributed by atoms with Gasteiger partial charge in [-0.15, -0.1) is 0 Å². The Labute approximate surface area is 81.4 Å². The van der Waals surface area contributed by atoms with Gasteiger partial charge in [0.2, 0.25) is 0 Å². The Morgan fingerprint density at radius 3 is 2.29 bits per heavy atom. The van der Waals surface area contributed by atoms with E-state index in [1.54, 1.807) is 0 Å². The maximum Gasteiger partial charge on any atom is 0.129 e. The van der Waals surface area contributed by atoms with Gasteiger partial charge in [-0.05, 0) is 25.1 Å². The van der Waals surface area contributed by atoms with Crippen LogP contribution < -0.4 is 5.73 Å². The van der Waals surface area contributed by atoms with Crippen LogP contribution in [0.2, 0.25) is 0 Å². The second kappa shape index (κ2) is 5.02. The molecule has 1 aromatic carbocycles. The molecule has 0 aliphatic heterocycles. The van der Waals surface area contributed by atoms with Crippen molar-refractivity contribution in [2.24, 2.45) is 5.73 Å². The minimum absolute atomic E-state index is 0.0240. The quantitative estimate of drug-likeness (QED) is 0.773. The van der Waals surface area contributed by atoms with Gasteiger partial charge in [0.25, 0.3) is 0 Å². The van der Waals surface area contributed by atoms with Crippen LogP contribution in [0.5, 0.6) is 0 Å². The molecule has 0 spiro atoms. The van der Waals surface area contributed by atoms with Gasteiger partial charge in [-0.1, -0.05) is 6.07 Å². The van der Waals surface area contributed by atoms with Crippen molar-refractivity contribution in [3.05, 3.63) is 35.4 Å². The first-order valence-corrected chi connectivity index (χ1v) is 4.45. The summed E-state index contributed by atoms with van der Waals surface area (Å²) in [7, 11) is 0. The molecule has 1 unspecified atom stereocenters. The SMILES string of the molecule is NCC(CCO)c1c(F)cccc1F. The summed E-state index contributed by atoms with van der Waals surface area (Å²) in [6.45, 7) is -0.00590. The van der Waals surface area contributed by atoms with Gasteiger partial charge in [-0.25, -0.2) is 8.78 Å². The van der Waals surface area contributed by atoms with Gasteiger partial charge in [0, 0.05) is 18.1 Å². The molecule has 0 aliphatic carbocycles. The number of hydrogen-bond donors (Lipinski definition) is 2. The second-order valence-electron chi connectivity index (χ2n) is 3.08. The number of rotatable bonds is 4. The fraction of sp³-hybridized carbons (Fsp3) is 0.400. The van der Waals surface area contributed by atoms with Crippen LogP contribution in [0.25, 0.3) is 0 Å². The lowest BCUT2D eigenvalue weighted by Gasteiger charge is -2.15. The third-order valence-electron chi connectivity index (χ3n) is 2.17. The predicted octanol–water partition coefficient (Wildman–Crippen LogP) is 1.39. The molecule has 3 N–H and O–H groups in total. The summed E-state index contributed by atoms with van der Waals surface area (Å²) >= 11 is 0. The topological polar surface area (TPSA) is 46.2 Å². The van der Waals surface area contributed by atoms with Gasteiger partial charge in [0.15, 0.2) is 0 Å². The first-order chi connectivity index (χ1) is 6.70. The van der Waals surface area contributed by atoms with Crippen molar-refractivity contribution in [2.45, 2.75) is 12.3 Å². The average molecular weight is 201 g/mol. The van der Waals surface area contributed by atoms with Crippen LogP contribution in [0, 0.1) is 11.6 Å². The Kier molecular flexibility index (Phi) is 3.98. The Balaban J connectivity index is 3.02. The van der Waals surface area contributed by atoms with Crippen molar-refractivity contribution in [2.75, 3.05) is 13.2 Å². The van der Waals surface area contributed by atoms with E-state index >= 15 is 0 Å². The van der Waals surface area contributed by atoms with E-state index in [9.17, 15) is 8.78 Å². The number of halogens is 2. The van der Waals surface area contributed by atoms with Crippen LogP contribution in [-0.4, -0.2) is 18.3 Å². The number of hydrogen-bond acceptors (Lipinski definition) is 2. The van der Waals surface area contributed by atoms with Gasteiger partial charge in [-0.2, -0.15) is 0 Å². The van der Waals surface area contributed by atoms with E-state index in [2.05, 4.69) is 0 Å². The van der Waals surface area contributed by atoms with E-state index in [0.29, 0.717) is 0 Å². The fourth-order valence-electron chi connectivity index (χ4n) is 1.44. The van der Waals surface area contributed by atoms with Crippen molar-refractivity contribution >= 4 is 0 Å². The zero-order valence-electron chi connectivity index (χ0n) is 7.71. The smallest absolute Gasteiger partial charge is 0.129 e. The molecule has 78 valence electrons. The molecule has 0 radical (unpaired) electrons. The maximum atomic E-state index is 13.2. The van der Waals surface area contributed by atoms with Crippen molar-refractivity contribution < 1.29 is 13.9 Å². The zero-order chi connectivity index (χ0) is 10.6. The van der Waals surface area contributed by atoms with Crippen molar-refractivity contribution in [1.29, 1.82) is 0 Å². The van der Waals surface area contributed by atoms with E-state index in [1.165, 1.54) is 18.2 Å². The summed E-state index contributed by atoms with van der Waals surface area (Å²) in [5, 5.41) is 8.71. The first kappa shape index (κ1) is 11.1. The molecule has 0 heterocycles. The van der Waals surface area contributed by atoms with Crippen LogP contribution in [0.4, 0.5) is 8.78 Å². The molecule has 1 aromatic rings. The summed E-state index contributed by atoms with van der Waals surface area (Å²) in [5.41, 5.74) is 5.36. The highest BCUT2D eigenvalue weighted by Gasteiger charge is 2.17. The van der Waals surface area contributed by atoms with Crippen LogP contribution in [0.1, 0.15) is 17.9 Å². The van der Waals surface area contributed by atoms with Gasteiger partial charge >= 0.3 is 0 Å². The van der Waals surface area contributed by atoms with E-state index in [1.807, 2.05) is 0 Å². The number of benzene rings is 1. The normalized spacial score (nSPS) is 12.9. The molecule has 0 bridgehead atoms. The molecule has 0 saturated carbocycles. The molecule has 0 saturated heterocycles. The highest BCUT2D eigenvalue weighted by Crippen LogP contribution is 2.24. The monoisotopic (exact) mass is 201 g/mol. The lowest BCUT2D eigenvalue weighted by molar-refractivity contribution is 0.274. The third kappa shape index (κ3) is 2.27. The molecular formula is C10H13F2NO. The standard InChI is InChI=1S/C10H13F2NO/c11-8-2-1-3-9(12)10(8)7(6-13)4-5-14/h1-3,7,14H,4-6,13H2. The molecule has 0 fully saturated rings. The van der Waals surface area contributed by atoms with E-state index in [-0.39, 0.29) is 25.1 Å². The highest BCUT2D eigenvalue weighted by atomic mass is 19.1. The van der Waals surface area contributed by atoms with E-state index in [0.717, 1.165) is 0 Å². The molecule has 2 nitrogen and oxygen atoms in total. The molecular weight excluding hydrogens is 188 g/mol. The summed E-state index contributed by atoms with van der Waals surface area (Å²) in [6, 6.07) is 3.69. The molecule has 0 amide bonds. The minimum atomic E-state index is -0.603. The summed E-state index contributed by atoms with van der Waals surface area (Å²) < 4.78 is 26.5. The fourth-order valence-corrected chi connectivity index (χ4v) is 1.44. The molecule has 14 heavy (non-hydrogen) atoms. The summed E-state index contributed by atoms with van der Waals surface area (Å²) in [5.74, 6) is -1.66. The molecule has 0 aromatic heterocycles. The van der Waals surface area contributed by atoms with Crippen molar-refractivity contribution in [1.82, 2.24) is 0 Å². The zero-order valence-corrected chi connectivity index (χ0v) is 7.71. The van der Waals surface area contributed by atoms with Gasteiger partial charge in [0.1, 0.15) is 11.6 Å². The van der Waals surface area contributed by atoms with E-state index < -0.39 is 17.6 Å². The molecule has 1 rings (SSSR count). The third-order valence-corrected chi connectivity index (χ3v) is 2.17. The van der Waals surface area contributed by atoms with Gasteiger partial charge in [-0.3, -0.25) is 0 Å². The number of nitrogens with two attached hydrogens (primary N) is 1. The lowest BCUT2D eigenvalue weighted by atomic mass is 9.95. The molecule has 0 aliphatic rings. The highest BCUT2D eigenvalue weighted by molar-refractivity contribution is 5.24. The Bertz CT molecular complexity index is 284. The van der Waals surface area contributed by atoms with Gasteiger partial charge in [0.05, 0.1) is 0 Å². The Morgan fingerprint density at radius 1 is 1.29 bits per heavy atom. The van der Waals surface area contributed by atoms with Crippen molar-refractivity contribution in [3.63, 3.8) is 0 Å². The molecule has 4 heteroatoms. The maximum absolute atomic E-state index is 13.2. The Morgan fingerprint density at radius 2 is 1.86 bits per heavy atom. The summed E-state index contributed by atoms with van der Waals surface area (Å²) in [4.78, 5) is 0. The van der Waals surface area contributed by atoms with Crippen molar-refractivity contribution in [3.8, 4) is 0 Å². The van der Waals surface area contributed by atoms with Crippen LogP contribution in [0.15, 0.2) is 18.2 Å². The second-order valence-corrected chi connectivity index (χ2v) is 3.08. The summed E-state index contributed by atoms with van der Waals surface area (Å²) in [6.07, 6.45) is 0.272. The Hall–Kier alpha value is -1.00. The van der Waals surface area contributed by atoms with Gasteiger partial charge < -0.3 is 10.8 Å². The number of aliphatic hydroxyl groups excluding tert-OH is 1. The first-order valence-electron chi connectivity index (χ1n) is 4.45. The largest absolute Gasteiger partial charge is 0.396 e. The van der Waals surface area contributed by atoms with Crippen LogP contribution in [-0.2, 0) is 0 Å². The van der Waals surface area contributed by atoms with E-state index in [4.69, 9.17) is 10.8 Å². The predicted molar refractivity (Wildman–Crippen MR) is 49.9 cm³/mol.